The highest BCUT2D eigenvalue weighted by atomic mass is 16.5. The molecular weight excluding hydrogens is 785 g/mol. The lowest BCUT2D eigenvalue weighted by atomic mass is 9.50. The topological polar surface area (TPSA) is 175 Å². The summed E-state index contributed by atoms with van der Waals surface area (Å²) in [5.74, 6) is 0.982. The molecule has 5 aliphatic rings. The number of fused-ring (bicyclic) bond motifs is 1. The second-order valence-electron chi connectivity index (χ2n) is 18.4. The summed E-state index contributed by atoms with van der Waals surface area (Å²) in [5, 5.41) is 22.4. The van der Waals surface area contributed by atoms with Gasteiger partial charge < -0.3 is 29.9 Å². The molecular formula is C47H54N10O5. The van der Waals surface area contributed by atoms with Crippen molar-refractivity contribution in [1.29, 1.82) is 0 Å². The first-order valence-electron chi connectivity index (χ1n) is 21.9. The van der Waals surface area contributed by atoms with Crippen molar-refractivity contribution in [3.8, 4) is 17.0 Å². The zero-order chi connectivity index (χ0) is 42.9. The van der Waals surface area contributed by atoms with Crippen LogP contribution in [-0.4, -0.2) is 111 Å². The van der Waals surface area contributed by atoms with E-state index in [0.717, 1.165) is 84.5 Å². The van der Waals surface area contributed by atoms with Crippen LogP contribution in [0.15, 0.2) is 67.0 Å². The van der Waals surface area contributed by atoms with Gasteiger partial charge in [0.15, 0.2) is 5.82 Å². The summed E-state index contributed by atoms with van der Waals surface area (Å²) in [6.07, 6.45) is 8.65. The molecule has 15 nitrogen and oxygen atoms in total. The van der Waals surface area contributed by atoms with Gasteiger partial charge in [-0.2, -0.15) is 0 Å². The van der Waals surface area contributed by atoms with Gasteiger partial charge in [0, 0.05) is 87.5 Å². The summed E-state index contributed by atoms with van der Waals surface area (Å²) < 4.78 is 8.82. The fourth-order valence-corrected chi connectivity index (χ4v) is 10.9. The standard InChI is InChI=1S/C47H54N10O5/c1-28-17-37(29(2)16-36(28)41-27-55(25-30(3)62-41)39-19-38(51-52-43(39)48)35-6-4-5-7-40(35)58)45(60)54-14-12-53(13-15-54)26-31-20-47(21-31)22-34(23-47)56-10-8-32-18-33(24-49-44(32)56)57-11-9-42(59)50-46(57)61/h4-8,10,16-19,24,30-31,34,41,58H,9,11-15,20-23,25-27H2,1-3H3,(H2,48,52)(H,50,59,61)/t30-,31?,34?,41-,47?/m0/s1. The number of para-hydroxylation sites is 1. The number of morpholine rings is 1. The number of piperazine rings is 1. The van der Waals surface area contributed by atoms with Crippen LogP contribution in [0.25, 0.3) is 22.3 Å². The van der Waals surface area contributed by atoms with E-state index in [2.05, 4.69) is 55.1 Å². The number of amides is 4. The number of phenolic OH excluding ortho intramolecular Hbond substituents is 1. The number of nitrogens with one attached hydrogen (secondary N) is 1. The SMILES string of the molecule is Cc1cc([C@@H]2CN(c3cc(-c4ccccc4O)nnc3N)C[C@H](C)O2)c(C)cc1C(=O)N1CCN(CC2CC3(C2)CC(n2ccc4cc(N5CCC(=O)NC5=O)cnc42)C3)CC1. The van der Waals surface area contributed by atoms with E-state index >= 15 is 0 Å². The molecule has 6 heterocycles. The van der Waals surface area contributed by atoms with E-state index in [-0.39, 0.29) is 36.2 Å². The Hall–Kier alpha value is -6.06. The molecule has 2 saturated carbocycles. The van der Waals surface area contributed by atoms with Crippen LogP contribution < -0.4 is 20.9 Å². The number of nitrogens with zero attached hydrogens (tertiary/aromatic N) is 8. The van der Waals surface area contributed by atoms with E-state index in [1.807, 2.05) is 49.1 Å². The molecule has 4 N–H and O–H groups in total. The molecule has 0 bridgehead atoms. The predicted octanol–water partition coefficient (Wildman–Crippen LogP) is 6.00. The maximum absolute atomic E-state index is 14.0. The zero-order valence-electron chi connectivity index (χ0n) is 35.6. The third kappa shape index (κ3) is 7.40. The second kappa shape index (κ2) is 15.7. The number of nitrogens with two attached hydrogens (primary N) is 1. The van der Waals surface area contributed by atoms with Crippen LogP contribution in [0.3, 0.4) is 0 Å². The van der Waals surface area contributed by atoms with E-state index in [9.17, 15) is 19.5 Å². The molecule has 5 aromatic rings. The minimum absolute atomic E-state index is 0.0866. The van der Waals surface area contributed by atoms with Crippen molar-refractivity contribution < 1.29 is 24.2 Å². The Morgan fingerprint density at radius 3 is 2.52 bits per heavy atom. The number of carbonyl (C=O) groups is 3. The molecule has 2 aromatic carbocycles. The monoisotopic (exact) mass is 838 g/mol. The fourth-order valence-electron chi connectivity index (χ4n) is 10.9. The number of hydrogen-bond acceptors (Lipinski definition) is 11. The molecule has 3 saturated heterocycles. The highest BCUT2D eigenvalue weighted by Crippen LogP contribution is 2.63. The van der Waals surface area contributed by atoms with Crippen LogP contribution in [-0.2, 0) is 9.53 Å². The minimum Gasteiger partial charge on any atom is -0.507 e. The Labute approximate surface area is 360 Å². The van der Waals surface area contributed by atoms with Crippen LogP contribution >= 0.6 is 0 Å². The van der Waals surface area contributed by atoms with E-state index in [0.29, 0.717) is 59.8 Å². The number of carbonyl (C=O) groups excluding carboxylic acids is 3. The molecule has 0 unspecified atom stereocenters. The van der Waals surface area contributed by atoms with Crippen LogP contribution in [0.2, 0.25) is 0 Å². The van der Waals surface area contributed by atoms with Crippen molar-refractivity contribution >= 4 is 46.1 Å². The number of urea groups is 1. The van der Waals surface area contributed by atoms with Crippen molar-refractivity contribution in [2.45, 2.75) is 71.1 Å². The van der Waals surface area contributed by atoms with Crippen molar-refractivity contribution in [1.82, 2.24) is 34.9 Å². The van der Waals surface area contributed by atoms with Crippen LogP contribution in [0.4, 0.5) is 22.0 Å². The quantitative estimate of drug-likeness (QED) is 0.167. The lowest BCUT2D eigenvalue weighted by molar-refractivity contribution is -0.120. The summed E-state index contributed by atoms with van der Waals surface area (Å²) >= 11 is 0. The number of aromatic hydroxyl groups is 1. The van der Waals surface area contributed by atoms with Gasteiger partial charge in [-0.1, -0.05) is 18.2 Å². The highest BCUT2D eigenvalue weighted by Gasteiger charge is 2.53. The first kappa shape index (κ1) is 40.0. The van der Waals surface area contributed by atoms with Gasteiger partial charge in [-0.05, 0) is 111 Å². The molecule has 62 heavy (non-hydrogen) atoms. The van der Waals surface area contributed by atoms with Gasteiger partial charge in [-0.15, -0.1) is 10.2 Å². The molecule has 3 aromatic heterocycles. The maximum Gasteiger partial charge on any atom is 0.328 e. The Kier molecular flexibility index (Phi) is 10.1. The van der Waals surface area contributed by atoms with Crippen LogP contribution in [0, 0.1) is 25.2 Å². The Bertz CT molecular complexity index is 2570. The summed E-state index contributed by atoms with van der Waals surface area (Å²) in [5.41, 5.74) is 14.1. The molecule has 3 aliphatic heterocycles. The third-order valence-corrected chi connectivity index (χ3v) is 14.0. The van der Waals surface area contributed by atoms with Crippen molar-refractivity contribution in [2.24, 2.45) is 11.3 Å². The lowest BCUT2D eigenvalue weighted by Gasteiger charge is -2.59. The number of pyridine rings is 1. The number of ether oxygens (including phenoxy) is 1. The number of nitrogen functional groups attached to an aromatic ring is 1. The number of rotatable bonds is 8. The molecule has 0 radical (unpaired) electrons. The fraction of sp³-hybridized carbons (Fsp3) is 0.447. The van der Waals surface area contributed by atoms with Crippen molar-refractivity contribution in [2.75, 3.05) is 67.9 Å². The molecule has 10 rings (SSSR count). The second-order valence-corrected chi connectivity index (χ2v) is 18.4. The number of hydrogen-bond donors (Lipinski definition) is 3. The Balaban J connectivity index is 0.715. The molecule has 1 spiro atoms. The predicted molar refractivity (Wildman–Crippen MR) is 236 cm³/mol. The van der Waals surface area contributed by atoms with Gasteiger partial charge >= 0.3 is 6.03 Å². The van der Waals surface area contributed by atoms with Crippen molar-refractivity contribution in [3.63, 3.8) is 0 Å². The Morgan fingerprint density at radius 1 is 0.952 bits per heavy atom. The minimum atomic E-state index is -0.394. The van der Waals surface area contributed by atoms with E-state index in [1.165, 1.54) is 12.8 Å². The smallest absolute Gasteiger partial charge is 0.328 e. The highest BCUT2D eigenvalue weighted by molar-refractivity contribution is 6.06. The zero-order valence-corrected chi connectivity index (χ0v) is 35.6. The van der Waals surface area contributed by atoms with Gasteiger partial charge in [0.2, 0.25) is 5.91 Å². The maximum atomic E-state index is 14.0. The van der Waals surface area contributed by atoms with Gasteiger partial charge in [-0.3, -0.25) is 24.7 Å². The summed E-state index contributed by atoms with van der Waals surface area (Å²) in [6.45, 7) is 12.0. The van der Waals surface area contributed by atoms with Gasteiger partial charge in [-0.25, -0.2) is 9.78 Å². The Morgan fingerprint density at radius 2 is 1.74 bits per heavy atom. The average molecular weight is 839 g/mol. The summed E-state index contributed by atoms with van der Waals surface area (Å²) in [4.78, 5) is 51.0. The number of aryl methyl sites for hydroxylation is 2. The molecule has 15 heteroatoms. The number of benzene rings is 2. The summed E-state index contributed by atoms with van der Waals surface area (Å²) in [7, 11) is 0. The van der Waals surface area contributed by atoms with Gasteiger partial charge in [0.1, 0.15) is 17.5 Å². The number of phenols is 1. The molecule has 2 atom stereocenters. The average Bonchev–Trinajstić information content (AvgIpc) is 3.65. The van der Waals surface area contributed by atoms with E-state index in [4.69, 9.17) is 15.5 Å². The lowest BCUT2D eigenvalue weighted by Crippen LogP contribution is -2.54. The third-order valence-electron chi connectivity index (χ3n) is 14.0. The first-order chi connectivity index (χ1) is 29.9. The normalized spacial score (nSPS) is 25.5. The number of imide groups is 1. The van der Waals surface area contributed by atoms with Crippen LogP contribution in [0.5, 0.6) is 5.75 Å². The van der Waals surface area contributed by atoms with Crippen molar-refractivity contribution in [3.05, 3.63) is 89.2 Å². The first-order valence-corrected chi connectivity index (χ1v) is 21.9. The largest absolute Gasteiger partial charge is 0.507 e. The van der Waals surface area contributed by atoms with Gasteiger partial charge in [0.05, 0.1) is 29.4 Å². The van der Waals surface area contributed by atoms with E-state index < -0.39 is 6.03 Å². The molecule has 2 aliphatic carbocycles. The number of aromatic nitrogens is 4. The molecule has 5 fully saturated rings. The molecule has 4 amide bonds. The molecule has 322 valence electrons. The van der Waals surface area contributed by atoms with Crippen LogP contribution in [0.1, 0.15) is 78.2 Å². The van der Waals surface area contributed by atoms with Gasteiger partial charge in [0.25, 0.3) is 5.91 Å². The van der Waals surface area contributed by atoms with E-state index in [1.54, 1.807) is 23.2 Å². The summed E-state index contributed by atoms with van der Waals surface area (Å²) in [6, 6.07) is 17.2. The number of anilines is 3.